The van der Waals surface area contributed by atoms with Crippen molar-refractivity contribution in [2.24, 2.45) is 10.2 Å². The fourth-order valence-corrected chi connectivity index (χ4v) is 3.55. The van der Waals surface area contributed by atoms with Gasteiger partial charge in [0, 0.05) is 5.56 Å². The van der Waals surface area contributed by atoms with Crippen LogP contribution in [0.3, 0.4) is 0 Å². The number of aromatic nitrogens is 1. The van der Waals surface area contributed by atoms with Gasteiger partial charge in [-0.15, -0.1) is 14.6 Å². The average molecular weight is 511 g/mol. The minimum Gasteiger partial charge on any atom is -0.505 e. The van der Waals surface area contributed by atoms with Gasteiger partial charge in [-0.1, -0.05) is 5.04 Å². The van der Waals surface area contributed by atoms with Gasteiger partial charge in [0.2, 0.25) is 0 Å². The summed E-state index contributed by atoms with van der Waals surface area (Å²) < 4.78 is 51.4. The third-order valence-corrected chi connectivity index (χ3v) is 5.55. The molecule has 32 heavy (non-hydrogen) atoms. The Bertz CT molecular complexity index is 1200. The van der Waals surface area contributed by atoms with Crippen LogP contribution in [0.25, 0.3) is 0 Å². The van der Waals surface area contributed by atoms with Gasteiger partial charge in [-0.05, 0) is 25.1 Å². The van der Waals surface area contributed by atoms with Crippen LogP contribution in [0.2, 0.25) is 0 Å². The number of carbonyl (C=O) groups excluding carboxylic acids is 1. The van der Waals surface area contributed by atoms with Crippen LogP contribution in [0.5, 0.6) is 5.75 Å². The molecular formula is C14H14N3O12PS2. The Morgan fingerprint density at radius 3 is 2.53 bits per heavy atom. The lowest BCUT2D eigenvalue weighted by molar-refractivity contribution is -0.432. The first-order valence-corrected chi connectivity index (χ1v) is 11.6. The normalized spacial score (nSPS) is 12.4. The van der Waals surface area contributed by atoms with E-state index in [1.54, 1.807) is 0 Å². The topological polar surface area (TPSA) is 235 Å². The molecule has 1 aromatic carbocycles. The summed E-state index contributed by atoms with van der Waals surface area (Å²) in [5.74, 6) is -0.921. The van der Waals surface area contributed by atoms with Gasteiger partial charge in [-0.25, -0.2) is 14.8 Å². The Kier molecular flexibility index (Phi) is 8.54. The average Bonchev–Trinajstić information content (AvgIpc) is 2.70. The van der Waals surface area contributed by atoms with E-state index in [9.17, 15) is 22.9 Å². The molecule has 0 atom stereocenters. The number of benzene rings is 1. The lowest BCUT2D eigenvalue weighted by Crippen LogP contribution is -2.01. The zero-order valence-corrected chi connectivity index (χ0v) is 18.2. The van der Waals surface area contributed by atoms with Crippen LogP contribution in [0.4, 0.5) is 11.5 Å². The van der Waals surface area contributed by atoms with E-state index >= 15 is 0 Å². The number of carbonyl (C=O) groups is 1. The van der Waals surface area contributed by atoms with Gasteiger partial charge in [0.15, 0.2) is 12.1 Å². The number of phosphoric ester groups is 1. The molecule has 0 aliphatic carbocycles. The largest absolute Gasteiger partial charge is 0.505 e. The Balaban J connectivity index is 2.57. The van der Waals surface area contributed by atoms with Crippen LogP contribution >= 0.6 is 19.9 Å². The van der Waals surface area contributed by atoms with Crippen molar-refractivity contribution < 1.29 is 56.4 Å². The molecule has 0 aliphatic heterocycles. The van der Waals surface area contributed by atoms with E-state index in [2.05, 4.69) is 29.1 Å². The molecule has 2 aromatic rings. The lowest BCUT2D eigenvalue weighted by atomic mass is 10.1. The van der Waals surface area contributed by atoms with E-state index in [1.165, 1.54) is 6.92 Å². The standard InChI is InChI=1S/C14H14N3O12PS2/c1-7-13(19)9(5-18)10(6-27-30(21,22)23)14(15-7)17-16-11-3-2-8(32(24,25)26)4-12(11)31-29-28-20/h2-5,19-20H,6H2,1H3,(H2,21,22,23)(H,24,25,26). The minimum absolute atomic E-state index is 0.0608. The number of pyridine rings is 1. The predicted molar refractivity (Wildman–Crippen MR) is 104 cm³/mol. The molecule has 0 bridgehead atoms. The van der Waals surface area contributed by atoms with Gasteiger partial charge >= 0.3 is 7.82 Å². The van der Waals surface area contributed by atoms with E-state index < -0.39 is 40.8 Å². The molecule has 1 heterocycles. The van der Waals surface area contributed by atoms with Crippen molar-refractivity contribution in [3.63, 3.8) is 0 Å². The van der Waals surface area contributed by atoms with E-state index in [4.69, 9.17) is 19.6 Å². The van der Waals surface area contributed by atoms with Gasteiger partial charge in [0.05, 0.1) is 39.7 Å². The van der Waals surface area contributed by atoms with E-state index in [0.29, 0.717) is 12.0 Å². The summed E-state index contributed by atoms with van der Waals surface area (Å²) in [5, 5.41) is 29.4. The number of aromatic hydroxyl groups is 1. The number of azo groups is 1. The molecule has 0 saturated carbocycles. The van der Waals surface area contributed by atoms with Gasteiger partial charge in [0.1, 0.15) is 11.4 Å². The SMILES string of the molecule is Cc1nc(N=Nc2ccc(S(=O)(=O)O)cc2SOOO)c(COP(=O)(O)O)c(C=O)c1O. The number of rotatable bonds is 10. The Hall–Kier alpha value is -2.31. The maximum Gasteiger partial charge on any atom is 0.469 e. The number of aryl methyl sites for hydroxylation is 1. The molecular weight excluding hydrogens is 497 g/mol. The molecule has 0 spiro atoms. The first-order chi connectivity index (χ1) is 14.9. The third-order valence-electron chi connectivity index (χ3n) is 3.60. The molecule has 174 valence electrons. The minimum atomic E-state index is -4.96. The van der Waals surface area contributed by atoms with E-state index in [-0.39, 0.29) is 33.9 Å². The highest BCUT2D eigenvalue weighted by Crippen LogP contribution is 2.40. The van der Waals surface area contributed by atoms with Crippen molar-refractivity contribution in [1.29, 1.82) is 0 Å². The number of hydrogen-bond acceptors (Lipinski definition) is 13. The van der Waals surface area contributed by atoms with E-state index in [1.807, 2.05) is 0 Å². The molecule has 0 amide bonds. The highest BCUT2D eigenvalue weighted by Gasteiger charge is 2.22. The van der Waals surface area contributed by atoms with Crippen LogP contribution in [0.15, 0.2) is 38.2 Å². The van der Waals surface area contributed by atoms with E-state index in [0.717, 1.165) is 18.2 Å². The van der Waals surface area contributed by atoms with Crippen molar-refractivity contribution in [2.45, 2.75) is 23.3 Å². The third kappa shape index (κ3) is 6.84. The lowest BCUT2D eigenvalue weighted by Gasteiger charge is -2.12. The van der Waals surface area contributed by atoms with Crippen LogP contribution in [0, 0.1) is 6.92 Å². The molecule has 0 aliphatic rings. The molecule has 18 heteroatoms. The Morgan fingerprint density at radius 1 is 1.28 bits per heavy atom. The van der Waals surface area contributed by atoms with Crippen molar-refractivity contribution in [3.8, 4) is 5.75 Å². The molecule has 2 rings (SSSR count). The molecule has 15 nitrogen and oxygen atoms in total. The Labute approximate surface area is 183 Å². The monoisotopic (exact) mass is 511 g/mol. The summed E-state index contributed by atoms with van der Waals surface area (Å²) in [6.07, 6.45) is 0.204. The van der Waals surface area contributed by atoms with Crippen molar-refractivity contribution in [1.82, 2.24) is 4.98 Å². The number of aldehydes is 1. The highest BCUT2D eigenvalue weighted by atomic mass is 32.2. The van der Waals surface area contributed by atoms with Crippen LogP contribution < -0.4 is 0 Å². The van der Waals surface area contributed by atoms with Crippen molar-refractivity contribution >= 4 is 47.8 Å². The van der Waals surface area contributed by atoms with Crippen LogP contribution in [-0.4, -0.2) is 44.4 Å². The van der Waals surface area contributed by atoms with Gasteiger partial charge in [0.25, 0.3) is 10.1 Å². The summed E-state index contributed by atoms with van der Waals surface area (Å²) in [6, 6.07) is 2.98. The smallest absolute Gasteiger partial charge is 0.469 e. The maximum absolute atomic E-state index is 11.4. The number of phosphoric acid groups is 1. The summed E-state index contributed by atoms with van der Waals surface area (Å²) in [6.45, 7) is 0.460. The predicted octanol–water partition coefficient (Wildman–Crippen LogP) is 2.61. The maximum atomic E-state index is 11.4. The molecule has 0 saturated heterocycles. The zero-order valence-electron chi connectivity index (χ0n) is 15.7. The Morgan fingerprint density at radius 2 is 1.97 bits per heavy atom. The van der Waals surface area contributed by atoms with Crippen LogP contribution in [0.1, 0.15) is 21.6 Å². The van der Waals surface area contributed by atoms with Gasteiger partial charge < -0.3 is 14.9 Å². The summed E-state index contributed by atoms with van der Waals surface area (Å²) >= 11 is 0.298. The first-order valence-electron chi connectivity index (χ1n) is 7.93. The molecule has 5 N–H and O–H groups in total. The summed E-state index contributed by atoms with van der Waals surface area (Å²) in [7, 11) is -9.56. The van der Waals surface area contributed by atoms with Crippen molar-refractivity contribution in [3.05, 3.63) is 35.0 Å². The fraction of sp³-hybridized carbons (Fsp3) is 0.143. The molecule has 0 unspecified atom stereocenters. The fourth-order valence-electron chi connectivity index (χ4n) is 2.20. The van der Waals surface area contributed by atoms with Crippen molar-refractivity contribution in [2.75, 3.05) is 0 Å². The second-order valence-electron chi connectivity index (χ2n) is 5.67. The van der Waals surface area contributed by atoms with Gasteiger partial charge in [-0.2, -0.15) is 8.42 Å². The quantitative estimate of drug-likeness (QED) is 0.0586. The summed E-state index contributed by atoms with van der Waals surface area (Å²) in [4.78, 5) is 32.5. The molecule has 1 aromatic heterocycles. The van der Waals surface area contributed by atoms with Crippen LogP contribution in [-0.2, 0) is 35.2 Å². The van der Waals surface area contributed by atoms with Gasteiger partial charge in [-0.3, -0.25) is 13.9 Å². The number of hydrogen-bond donors (Lipinski definition) is 5. The first kappa shape index (κ1) is 25.9. The second-order valence-corrected chi connectivity index (χ2v) is 9.08. The molecule has 0 radical (unpaired) electrons. The zero-order chi connectivity index (χ0) is 24.1. The summed E-state index contributed by atoms with van der Waals surface area (Å²) in [5.41, 5.74) is -0.849. The number of nitrogens with zero attached hydrogens (tertiary/aromatic N) is 3. The highest BCUT2D eigenvalue weighted by molar-refractivity contribution is 7.94. The second kappa shape index (κ2) is 10.5. The molecule has 0 fully saturated rings.